The summed E-state index contributed by atoms with van der Waals surface area (Å²) in [7, 11) is 2.04. The summed E-state index contributed by atoms with van der Waals surface area (Å²) in [6.07, 6.45) is 1.95. The van der Waals surface area contributed by atoms with Gasteiger partial charge >= 0.3 is 0 Å². The summed E-state index contributed by atoms with van der Waals surface area (Å²) in [5, 5.41) is 1.85. The number of aromatic amines is 1. The lowest BCUT2D eigenvalue weighted by atomic mass is 10.00. The average Bonchev–Trinajstić information content (AvgIpc) is 3.15. The number of aromatic nitrogens is 1. The van der Waals surface area contributed by atoms with Crippen LogP contribution in [0, 0.1) is 6.92 Å². The van der Waals surface area contributed by atoms with E-state index in [-0.39, 0.29) is 0 Å². The van der Waals surface area contributed by atoms with Gasteiger partial charge in [-0.05, 0) is 60.5 Å². The summed E-state index contributed by atoms with van der Waals surface area (Å²) < 4.78 is 0. The van der Waals surface area contributed by atoms with E-state index in [0.717, 1.165) is 38.4 Å². The molecule has 0 saturated heterocycles. The third-order valence-electron chi connectivity index (χ3n) is 4.90. The monoisotopic (exact) mass is 390 g/mol. The minimum Gasteiger partial charge on any atom is -0.361 e. The molecule has 0 aliphatic carbocycles. The molecule has 0 unspecified atom stereocenters. The van der Waals surface area contributed by atoms with Gasteiger partial charge in [0.05, 0.1) is 9.89 Å². The lowest BCUT2D eigenvalue weighted by Gasteiger charge is -2.21. The third-order valence-corrected chi connectivity index (χ3v) is 5.65. The van der Waals surface area contributed by atoms with Gasteiger partial charge in [0.15, 0.2) is 0 Å². The van der Waals surface area contributed by atoms with E-state index in [2.05, 4.69) is 53.2 Å². The van der Waals surface area contributed by atoms with Gasteiger partial charge in [-0.15, -0.1) is 0 Å². The predicted octanol–water partition coefficient (Wildman–Crippen LogP) is 6.66. The van der Waals surface area contributed by atoms with Crippen LogP contribution in [0.3, 0.4) is 0 Å². The van der Waals surface area contributed by atoms with E-state index >= 15 is 0 Å². The van der Waals surface area contributed by atoms with E-state index in [4.69, 9.17) is 23.8 Å². The summed E-state index contributed by atoms with van der Waals surface area (Å²) >= 11 is 12.3. The van der Waals surface area contributed by atoms with Crippen LogP contribution in [0.4, 0.5) is 11.4 Å². The Balaban J connectivity index is 1.66. The normalized spacial score (nSPS) is 10.9. The second-order valence-corrected chi connectivity index (χ2v) is 7.43. The first kappa shape index (κ1) is 17.8. The third kappa shape index (κ3) is 3.36. The first-order chi connectivity index (χ1) is 13.0. The van der Waals surface area contributed by atoms with Gasteiger partial charge in [0.1, 0.15) is 0 Å². The summed E-state index contributed by atoms with van der Waals surface area (Å²) in [5.41, 5.74) is 6.34. The number of benzene rings is 3. The predicted molar refractivity (Wildman–Crippen MR) is 120 cm³/mol. The maximum atomic E-state index is 6.62. The van der Waals surface area contributed by atoms with Crippen LogP contribution in [0.2, 0.25) is 5.02 Å². The number of hydrogen-bond donors (Lipinski definition) is 1. The number of rotatable bonds is 4. The Morgan fingerprint density at radius 2 is 1.67 bits per heavy atom. The molecule has 2 nitrogen and oxygen atoms in total. The molecular formula is C23H19ClN2S. The molecule has 4 rings (SSSR count). The first-order valence-corrected chi connectivity index (χ1v) is 9.54. The van der Waals surface area contributed by atoms with Crippen LogP contribution in [-0.2, 0) is 0 Å². The minimum atomic E-state index is 0.662. The number of nitrogens with one attached hydrogen (secondary N) is 1. The Morgan fingerprint density at radius 1 is 0.926 bits per heavy atom. The van der Waals surface area contributed by atoms with Gasteiger partial charge in [-0.1, -0.05) is 48.1 Å². The molecule has 0 aliphatic rings. The standard InChI is InChI=1S/C23H19ClN2S/c1-15-5-3-4-6-19(15)23(27)20-9-7-18(14-21(20)24)26(2)17-8-10-22-16(13-17)11-12-25-22/h3-14,25H,1-2H3. The molecular weight excluding hydrogens is 372 g/mol. The quantitative estimate of drug-likeness (QED) is 0.310. The van der Waals surface area contributed by atoms with Crippen molar-refractivity contribution in [2.24, 2.45) is 0 Å². The molecule has 1 heterocycles. The summed E-state index contributed by atoms with van der Waals surface area (Å²) in [6, 6.07) is 22.6. The topological polar surface area (TPSA) is 19.0 Å². The number of halogens is 1. The number of anilines is 2. The van der Waals surface area contributed by atoms with Crippen molar-refractivity contribution in [3.05, 3.63) is 94.6 Å². The molecule has 0 radical (unpaired) electrons. The van der Waals surface area contributed by atoms with E-state index in [1.54, 1.807) is 0 Å². The Bertz CT molecular complexity index is 1150. The molecule has 3 aromatic carbocycles. The Labute approximate surface area is 169 Å². The maximum Gasteiger partial charge on any atom is 0.0539 e. The van der Waals surface area contributed by atoms with Crippen molar-refractivity contribution in [1.82, 2.24) is 4.98 Å². The van der Waals surface area contributed by atoms with Crippen LogP contribution in [0.25, 0.3) is 10.9 Å². The highest BCUT2D eigenvalue weighted by molar-refractivity contribution is 7.81. The lowest BCUT2D eigenvalue weighted by molar-refractivity contribution is 1.21. The molecule has 0 bridgehead atoms. The van der Waals surface area contributed by atoms with Crippen LogP contribution in [0.5, 0.6) is 0 Å². The molecule has 4 aromatic rings. The molecule has 1 aromatic heterocycles. The van der Waals surface area contributed by atoms with Crippen molar-refractivity contribution in [3.63, 3.8) is 0 Å². The number of nitrogens with zero attached hydrogens (tertiary/aromatic N) is 1. The highest BCUT2D eigenvalue weighted by Gasteiger charge is 2.13. The van der Waals surface area contributed by atoms with Crippen LogP contribution < -0.4 is 4.90 Å². The van der Waals surface area contributed by atoms with Crippen LogP contribution in [-0.4, -0.2) is 16.9 Å². The van der Waals surface area contributed by atoms with E-state index in [0.29, 0.717) is 5.02 Å². The Morgan fingerprint density at radius 3 is 2.44 bits per heavy atom. The Kier molecular flexibility index (Phi) is 4.73. The Hall–Kier alpha value is -2.62. The van der Waals surface area contributed by atoms with Crippen molar-refractivity contribution in [1.29, 1.82) is 0 Å². The van der Waals surface area contributed by atoms with Gasteiger partial charge in [0, 0.05) is 41.1 Å². The molecule has 0 amide bonds. The number of hydrogen-bond acceptors (Lipinski definition) is 2. The molecule has 27 heavy (non-hydrogen) atoms. The van der Waals surface area contributed by atoms with Gasteiger partial charge < -0.3 is 9.88 Å². The molecule has 0 atom stereocenters. The van der Waals surface area contributed by atoms with Gasteiger partial charge in [-0.3, -0.25) is 0 Å². The summed E-state index contributed by atoms with van der Waals surface area (Å²) in [5.74, 6) is 0. The summed E-state index contributed by atoms with van der Waals surface area (Å²) in [6.45, 7) is 2.06. The number of fused-ring (bicyclic) bond motifs is 1. The van der Waals surface area contributed by atoms with E-state index in [9.17, 15) is 0 Å². The summed E-state index contributed by atoms with van der Waals surface area (Å²) in [4.78, 5) is 6.12. The number of thiocarbonyl (C=S) groups is 1. The van der Waals surface area contributed by atoms with Crippen molar-refractivity contribution >= 4 is 51.0 Å². The molecule has 1 N–H and O–H groups in total. The largest absolute Gasteiger partial charge is 0.361 e. The van der Waals surface area contributed by atoms with Crippen molar-refractivity contribution < 1.29 is 0 Å². The zero-order valence-electron chi connectivity index (χ0n) is 15.2. The molecule has 134 valence electrons. The molecule has 0 fully saturated rings. The van der Waals surface area contributed by atoms with Crippen LogP contribution in [0.1, 0.15) is 16.7 Å². The fraction of sp³-hybridized carbons (Fsp3) is 0.0870. The minimum absolute atomic E-state index is 0.662. The molecule has 0 aliphatic heterocycles. The number of aryl methyl sites for hydroxylation is 1. The highest BCUT2D eigenvalue weighted by atomic mass is 35.5. The maximum absolute atomic E-state index is 6.62. The number of H-pyrrole nitrogens is 1. The van der Waals surface area contributed by atoms with Crippen molar-refractivity contribution in [2.75, 3.05) is 11.9 Å². The first-order valence-electron chi connectivity index (χ1n) is 8.75. The lowest BCUT2D eigenvalue weighted by Crippen LogP contribution is -2.10. The molecule has 0 spiro atoms. The zero-order valence-corrected chi connectivity index (χ0v) is 16.7. The smallest absolute Gasteiger partial charge is 0.0539 e. The van der Waals surface area contributed by atoms with Crippen LogP contribution >= 0.6 is 23.8 Å². The van der Waals surface area contributed by atoms with Gasteiger partial charge in [0.25, 0.3) is 0 Å². The van der Waals surface area contributed by atoms with Crippen LogP contribution in [0.15, 0.2) is 72.9 Å². The van der Waals surface area contributed by atoms with E-state index in [1.807, 2.05) is 43.6 Å². The average molecular weight is 391 g/mol. The fourth-order valence-electron chi connectivity index (χ4n) is 3.27. The SMILES string of the molecule is Cc1ccccc1C(=S)c1ccc(N(C)c2ccc3[nH]ccc3c2)cc1Cl. The molecule has 0 saturated carbocycles. The molecule has 4 heteroatoms. The fourth-order valence-corrected chi connectivity index (χ4v) is 4.00. The van der Waals surface area contributed by atoms with Gasteiger partial charge in [-0.2, -0.15) is 0 Å². The van der Waals surface area contributed by atoms with Crippen molar-refractivity contribution in [3.8, 4) is 0 Å². The van der Waals surface area contributed by atoms with Gasteiger partial charge in [-0.25, -0.2) is 0 Å². The highest BCUT2D eigenvalue weighted by Crippen LogP contribution is 2.31. The zero-order chi connectivity index (χ0) is 19.0. The van der Waals surface area contributed by atoms with E-state index < -0.39 is 0 Å². The van der Waals surface area contributed by atoms with E-state index in [1.165, 1.54) is 5.39 Å². The second-order valence-electron chi connectivity index (χ2n) is 6.62. The van der Waals surface area contributed by atoms with Crippen molar-refractivity contribution in [2.45, 2.75) is 6.92 Å². The van der Waals surface area contributed by atoms with Gasteiger partial charge in [0.2, 0.25) is 0 Å². The second kappa shape index (κ2) is 7.18.